The average Bonchev–Trinajstić information content (AvgIpc) is 3.25. The summed E-state index contributed by atoms with van der Waals surface area (Å²) >= 11 is 0. The highest BCUT2D eigenvalue weighted by atomic mass is 16.5. The van der Waals surface area contributed by atoms with Crippen LogP contribution < -0.4 is 10.5 Å². The van der Waals surface area contributed by atoms with Crippen LogP contribution in [0.1, 0.15) is 11.3 Å². The Morgan fingerprint density at radius 3 is 2.84 bits per heavy atom. The molecule has 0 fully saturated rings. The molecule has 0 aliphatic heterocycles. The molecule has 0 spiro atoms. The molecule has 0 amide bonds. The summed E-state index contributed by atoms with van der Waals surface area (Å²) in [5, 5.41) is 3.38. The maximum atomic E-state index is 6.39. The molecular formula is C27H22N4O. The van der Waals surface area contributed by atoms with Gasteiger partial charge in [-0.3, -0.25) is 4.98 Å². The molecular weight excluding hydrogens is 396 g/mol. The number of pyridine rings is 2. The van der Waals surface area contributed by atoms with Gasteiger partial charge >= 0.3 is 0 Å². The minimum absolute atomic E-state index is 0.184. The third-order valence-corrected chi connectivity index (χ3v) is 5.57. The van der Waals surface area contributed by atoms with E-state index in [-0.39, 0.29) is 6.04 Å². The number of rotatable bonds is 6. The van der Waals surface area contributed by atoms with Crippen LogP contribution in [0.15, 0.2) is 79.4 Å². The van der Waals surface area contributed by atoms with Gasteiger partial charge in [0, 0.05) is 52.7 Å². The number of nitrogens with two attached hydrogens (primary N) is 1. The second-order valence-corrected chi connectivity index (χ2v) is 7.79. The van der Waals surface area contributed by atoms with Gasteiger partial charge in [-0.25, -0.2) is 4.98 Å². The summed E-state index contributed by atoms with van der Waals surface area (Å²) in [7, 11) is 0. The van der Waals surface area contributed by atoms with E-state index in [1.54, 1.807) is 12.4 Å². The molecule has 0 unspecified atom stereocenters. The van der Waals surface area contributed by atoms with Crippen molar-refractivity contribution in [2.24, 2.45) is 5.73 Å². The Labute approximate surface area is 186 Å². The van der Waals surface area contributed by atoms with Crippen LogP contribution in [0.5, 0.6) is 5.75 Å². The van der Waals surface area contributed by atoms with E-state index in [9.17, 15) is 0 Å². The van der Waals surface area contributed by atoms with Gasteiger partial charge in [0.15, 0.2) is 11.4 Å². The van der Waals surface area contributed by atoms with Crippen LogP contribution in [-0.2, 0) is 6.42 Å². The molecule has 3 heterocycles. The molecule has 5 nitrogen and oxygen atoms in total. The van der Waals surface area contributed by atoms with Crippen molar-refractivity contribution in [3.05, 3.63) is 90.6 Å². The molecule has 1 atom stereocenters. The van der Waals surface area contributed by atoms with Gasteiger partial charge < -0.3 is 15.5 Å². The van der Waals surface area contributed by atoms with Crippen LogP contribution in [-0.4, -0.2) is 27.6 Å². The number of H-pyrrole nitrogens is 1. The molecule has 5 heteroatoms. The maximum Gasteiger partial charge on any atom is 0.154 e. The molecule has 0 saturated heterocycles. The highest BCUT2D eigenvalue weighted by Crippen LogP contribution is 2.28. The third-order valence-electron chi connectivity index (χ3n) is 5.57. The monoisotopic (exact) mass is 418 g/mol. The fourth-order valence-corrected chi connectivity index (χ4v) is 3.92. The number of fused-ring (bicyclic) bond motifs is 2. The van der Waals surface area contributed by atoms with Crippen molar-refractivity contribution in [3.63, 3.8) is 0 Å². The summed E-state index contributed by atoms with van der Waals surface area (Å²) in [6.07, 6.45) is 13.8. The van der Waals surface area contributed by atoms with Gasteiger partial charge in [0.05, 0.1) is 0 Å². The third kappa shape index (κ3) is 3.92. The van der Waals surface area contributed by atoms with E-state index < -0.39 is 0 Å². The Morgan fingerprint density at radius 2 is 1.94 bits per heavy atom. The van der Waals surface area contributed by atoms with Gasteiger partial charge in [0.25, 0.3) is 0 Å². The predicted molar refractivity (Wildman–Crippen MR) is 128 cm³/mol. The summed E-state index contributed by atoms with van der Waals surface area (Å²) in [6.45, 7) is 0.336. The zero-order valence-electron chi connectivity index (χ0n) is 17.5. The van der Waals surface area contributed by atoms with Crippen molar-refractivity contribution in [3.8, 4) is 29.2 Å². The number of terminal acetylenes is 1. The summed E-state index contributed by atoms with van der Waals surface area (Å²) in [5.74, 6) is 3.17. The Hall–Kier alpha value is -4.14. The van der Waals surface area contributed by atoms with Gasteiger partial charge in [-0.05, 0) is 53.1 Å². The zero-order chi connectivity index (χ0) is 21.9. The lowest BCUT2D eigenvalue weighted by Gasteiger charge is -2.15. The average molecular weight is 419 g/mol. The number of aromatic amines is 1. The molecule has 3 aromatic heterocycles. The molecule has 156 valence electrons. The van der Waals surface area contributed by atoms with Crippen LogP contribution in [0.2, 0.25) is 0 Å². The number of hydrogen-bond donors (Lipinski definition) is 2. The molecule has 2 aromatic carbocycles. The number of ether oxygens (including phenoxy) is 1. The first-order valence-electron chi connectivity index (χ1n) is 10.5. The second-order valence-electron chi connectivity index (χ2n) is 7.79. The Bertz CT molecular complexity index is 1450. The number of para-hydroxylation sites is 1. The SMILES string of the molecule is C#Cc1ncc(-c2ccc3cnccc3c2)cc1OC[C@@H](N)Cc1c[nH]c2ccccc12. The molecule has 3 N–H and O–H groups in total. The zero-order valence-corrected chi connectivity index (χ0v) is 17.5. The summed E-state index contributed by atoms with van der Waals surface area (Å²) in [6, 6.07) is 18.1. The maximum absolute atomic E-state index is 6.39. The van der Waals surface area contributed by atoms with Crippen LogP contribution in [0.3, 0.4) is 0 Å². The van der Waals surface area contributed by atoms with E-state index in [1.165, 1.54) is 10.9 Å². The van der Waals surface area contributed by atoms with E-state index in [4.69, 9.17) is 16.9 Å². The molecule has 32 heavy (non-hydrogen) atoms. The van der Waals surface area contributed by atoms with Crippen molar-refractivity contribution < 1.29 is 4.74 Å². The van der Waals surface area contributed by atoms with E-state index in [2.05, 4.69) is 39.1 Å². The number of nitrogens with one attached hydrogen (secondary N) is 1. The Morgan fingerprint density at radius 1 is 1.03 bits per heavy atom. The standard InChI is InChI=1S/C27H22N4O/c1-2-25-27(32-17-23(28)12-22-16-31-26-6-4-3-5-24(22)26)13-21(15-30-25)18-7-8-20-14-29-10-9-19(20)11-18/h1,3-11,13-16,23,31H,12,17,28H2/t23-/m0/s1. The van der Waals surface area contributed by atoms with Crippen molar-refractivity contribution in [1.82, 2.24) is 15.0 Å². The van der Waals surface area contributed by atoms with Gasteiger partial charge in [-0.2, -0.15) is 0 Å². The van der Waals surface area contributed by atoms with Crippen LogP contribution in [0.25, 0.3) is 32.8 Å². The van der Waals surface area contributed by atoms with Gasteiger partial charge in [0.2, 0.25) is 0 Å². The molecule has 0 bridgehead atoms. The Kier molecular flexibility index (Phi) is 5.29. The topological polar surface area (TPSA) is 76.8 Å². The highest BCUT2D eigenvalue weighted by Gasteiger charge is 2.12. The van der Waals surface area contributed by atoms with Gasteiger partial charge in [-0.15, -0.1) is 6.42 Å². The minimum Gasteiger partial charge on any atom is -0.489 e. The molecule has 5 aromatic rings. The molecule has 0 saturated carbocycles. The van der Waals surface area contributed by atoms with Crippen molar-refractivity contribution in [2.75, 3.05) is 6.61 Å². The fourth-order valence-electron chi connectivity index (χ4n) is 3.92. The lowest BCUT2D eigenvalue weighted by molar-refractivity contribution is 0.286. The van der Waals surface area contributed by atoms with Crippen molar-refractivity contribution in [2.45, 2.75) is 12.5 Å². The molecule has 0 aliphatic carbocycles. The van der Waals surface area contributed by atoms with E-state index in [0.717, 1.165) is 27.4 Å². The van der Waals surface area contributed by atoms with E-state index >= 15 is 0 Å². The number of benzene rings is 2. The van der Waals surface area contributed by atoms with Crippen LogP contribution in [0, 0.1) is 12.3 Å². The van der Waals surface area contributed by atoms with Crippen molar-refractivity contribution in [1.29, 1.82) is 0 Å². The largest absolute Gasteiger partial charge is 0.489 e. The summed E-state index contributed by atoms with van der Waals surface area (Å²) in [5.41, 5.74) is 11.1. The van der Waals surface area contributed by atoms with Gasteiger partial charge in [0.1, 0.15) is 6.61 Å². The number of aromatic nitrogens is 3. The minimum atomic E-state index is -0.184. The lowest BCUT2D eigenvalue weighted by Crippen LogP contribution is -2.30. The molecule has 5 rings (SSSR count). The lowest BCUT2D eigenvalue weighted by atomic mass is 10.0. The number of hydrogen-bond acceptors (Lipinski definition) is 4. The second kappa shape index (κ2) is 8.54. The summed E-state index contributed by atoms with van der Waals surface area (Å²) in [4.78, 5) is 11.9. The predicted octanol–water partition coefficient (Wildman–Crippen LogP) is 4.71. The normalized spacial score (nSPS) is 12.0. The van der Waals surface area contributed by atoms with Crippen LogP contribution >= 0.6 is 0 Å². The smallest absolute Gasteiger partial charge is 0.154 e. The summed E-state index contributed by atoms with van der Waals surface area (Å²) < 4.78 is 6.05. The molecule has 0 aliphatic rings. The van der Waals surface area contributed by atoms with E-state index in [1.807, 2.05) is 48.8 Å². The first-order chi connectivity index (χ1) is 15.7. The van der Waals surface area contributed by atoms with E-state index in [0.29, 0.717) is 24.5 Å². The quantitative estimate of drug-likeness (QED) is 0.392. The highest BCUT2D eigenvalue weighted by molar-refractivity contribution is 5.86. The number of nitrogens with zero attached hydrogens (tertiary/aromatic N) is 2. The fraction of sp³-hybridized carbons (Fsp3) is 0.111. The van der Waals surface area contributed by atoms with Crippen molar-refractivity contribution >= 4 is 21.7 Å². The Balaban J connectivity index is 1.35. The first kappa shape index (κ1) is 19.8. The first-order valence-corrected chi connectivity index (χ1v) is 10.5. The van der Waals surface area contributed by atoms with Crippen LogP contribution in [0.4, 0.5) is 0 Å². The van der Waals surface area contributed by atoms with Gasteiger partial charge in [-0.1, -0.05) is 30.3 Å². The molecule has 0 radical (unpaired) electrons.